The number of amides is 1. The Bertz CT molecular complexity index is 1330. The van der Waals surface area contributed by atoms with E-state index >= 15 is 0 Å². The molecule has 4 aromatic rings. The van der Waals surface area contributed by atoms with E-state index in [-0.39, 0.29) is 17.6 Å². The molecule has 0 aliphatic carbocycles. The maximum absolute atomic E-state index is 13.6. The van der Waals surface area contributed by atoms with Crippen molar-refractivity contribution in [3.63, 3.8) is 0 Å². The van der Waals surface area contributed by atoms with E-state index in [0.717, 1.165) is 11.1 Å². The van der Waals surface area contributed by atoms with E-state index in [2.05, 4.69) is 44.6 Å². The SMILES string of the molecule is CC(C)c1cc(-c2ccc(F)cc2)nn2cc(C(=O)N3CCN(c4nn[nH]n4)CC3(C)C)nc12. The van der Waals surface area contributed by atoms with Gasteiger partial charge in [0.15, 0.2) is 5.65 Å². The van der Waals surface area contributed by atoms with Crippen LogP contribution in [0.4, 0.5) is 10.3 Å². The van der Waals surface area contributed by atoms with Crippen LogP contribution in [0.5, 0.6) is 0 Å². The summed E-state index contributed by atoms with van der Waals surface area (Å²) < 4.78 is 15.1. The zero-order chi connectivity index (χ0) is 24.0. The summed E-state index contributed by atoms with van der Waals surface area (Å²) in [6, 6.07) is 8.18. The number of benzene rings is 1. The van der Waals surface area contributed by atoms with Crippen molar-refractivity contribution >= 4 is 17.5 Å². The maximum atomic E-state index is 13.6. The first kappa shape index (κ1) is 21.9. The molecule has 11 heteroatoms. The average Bonchev–Trinajstić information content (AvgIpc) is 3.48. The second-order valence-corrected chi connectivity index (χ2v) is 9.44. The summed E-state index contributed by atoms with van der Waals surface area (Å²) in [7, 11) is 0. The van der Waals surface area contributed by atoms with Crippen LogP contribution in [0.3, 0.4) is 0 Å². The van der Waals surface area contributed by atoms with Crippen LogP contribution in [0.25, 0.3) is 16.9 Å². The van der Waals surface area contributed by atoms with Gasteiger partial charge in [-0.1, -0.05) is 18.9 Å². The summed E-state index contributed by atoms with van der Waals surface area (Å²) in [4.78, 5) is 22.1. The number of fused-ring (bicyclic) bond motifs is 1. The van der Waals surface area contributed by atoms with E-state index in [4.69, 9.17) is 0 Å². The summed E-state index contributed by atoms with van der Waals surface area (Å²) >= 11 is 0. The zero-order valence-corrected chi connectivity index (χ0v) is 19.5. The second kappa shape index (κ2) is 8.15. The average molecular weight is 464 g/mol. The fourth-order valence-electron chi connectivity index (χ4n) is 4.42. The number of hydrogen-bond acceptors (Lipinski definition) is 7. The Hall–Kier alpha value is -3.89. The first-order chi connectivity index (χ1) is 16.2. The van der Waals surface area contributed by atoms with Gasteiger partial charge in [-0.05, 0) is 55.3 Å². The minimum atomic E-state index is -0.473. The topological polar surface area (TPSA) is 108 Å². The minimum Gasteiger partial charge on any atom is -0.334 e. The van der Waals surface area contributed by atoms with Crippen LogP contribution in [0.1, 0.15) is 49.7 Å². The van der Waals surface area contributed by atoms with Gasteiger partial charge in [-0.2, -0.15) is 10.3 Å². The van der Waals surface area contributed by atoms with Crippen molar-refractivity contribution in [2.75, 3.05) is 24.5 Å². The third kappa shape index (κ3) is 3.87. The largest absolute Gasteiger partial charge is 0.334 e. The number of anilines is 1. The maximum Gasteiger partial charge on any atom is 0.274 e. The van der Waals surface area contributed by atoms with Gasteiger partial charge in [0.05, 0.1) is 17.4 Å². The smallest absolute Gasteiger partial charge is 0.274 e. The lowest BCUT2D eigenvalue weighted by Crippen LogP contribution is -2.61. The number of halogens is 1. The number of imidazole rings is 1. The summed E-state index contributed by atoms with van der Waals surface area (Å²) in [5, 5.41) is 18.9. The van der Waals surface area contributed by atoms with Crippen molar-refractivity contribution in [1.29, 1.82) is 0 Å². The van der Waals surface area contributed by atoms with Crippen LogP contribution >= 0.6 is 0 Å². The van der Waals surface area contributed by atoms with Crippen molar-refractivity contribution in [3.05, 3.63) is 53.6 Å². The zero-order valence-electron chi connectivity index (χ0n) is 19.5. The predicted molar refractivity (Wildman–Crippen MR) is 124 cm³/mol. The summed E-state index contributed by atoms with van der Waals surface area (Å²) in [5.74, 6) is 0.227. The molecule has 1 aliphatic heterocycles. The predicted octanol–water partition coefficient (Wildman–Crippen LogP) is 2.91. The number of tetrazole rings is 1. The highest BCUT2D eigenvalue weighted by Gasteiger charge is 2.39. The van der Waals surface area contributed by atoms with Gasteiger partial charge in [-0.25, -0.2) is 13.9 Å². The normalized spacial score (nSPS) is 15.9. The van der Waals surface area contributed by atoms with Gasteiger partial charge < -0.3 is 9.80 Å². The molecule has 10 nitrogen and oxygen atoms in total. The number of carbonyl (C=O) groups excluding carboxylic acids is 1. The molecule has 1 aromatic carbocycles. The van der Waals surface area contributed by atoms with Crippen LogP contribution in [0.2, 0.25) is 0 Å². The summed E-state index contributed by atoms with van der Waals surface area (Å²) in [6.07, 6.45) is 1.68. The molecule has 0 saturated carbocycles. The molecule has 3 aromatic heterocycles. The summed E-state index contributed by atoms with van der Waals surface area (Å²) in [5.41, 5.74) is 2.97. The van der Waals surface area contributed by atoms with Gasteiger partial charge in [0.25, 0.3) is 11.9 Å². The van der Waals surface area contributed by atoms with Crippen molar-refractivity contribution < 1.29 is 9.18 Å². The molecular weight excluding hydrogens is 437 g/mol. The third-order valence-corrected chi connectivity index (χ3v) is 6.20. The molecule has 0 spiro atoms. The highest BCUT2D eigenvalue weighted by molar-refractivity contribution is 5.93. The molecule has 5 rings (SSSR count). The Kier molecular flexibility index (Phi) is 5.26. The van der Waals surface area contributed by atoms with Crippen molar-refractivity contribution in [3.8, 4) is 11.3 Å². The molecule has 1 amide bonds. The highest BCUT2D eigenvalue weighted by Crippen LogP contribution is 2.28. The van der Waals surface area contributed by atoms with Gasteiger partial charge in [0, 0.05) is 30.8 Å². The van der Waals surface area contributed by atoms with Gasteiger partial charge in [0.2, 0.25) is 0 Å². The lowest BCUT2D eigenvalue weighted by Gasteiger charge is -2.46. The van der Waals surface area contributed by atoms with E-state index in [1.807, 2.05) is 29.7 Å². The summed E-state index contributed by atoms with van der Waals surface area (Å²) in [6.45, 7) is 9.82. The van der Waals surface area contributed by atoms with Crippen molar-refractivity contribution in [1.82, 2.24) is 40.1 Å². The van der Waals surface area contributed by atoms with Gasteiger partial charge >= 0.3 is 0 Å². The Labute approximate surface area is 195 Å². The molecule has 0 atom stereocenters. The fraction of sp³-hybridized carbons (Fsp3) is 0.391. The number of nitrogens with one attached hydrogen (secondary N) is 1. The Morgan fingerprint density at radius 3 is 2.59 bits per heavy atom. The number of rotatable bonds is 4. The molecule has 1 aliphatic rings. The van der Waals surface area contributed by atoms with Gasteiger partial charge in [-0.3, -0.25) is 4.79 Å². The number of H-pyrrole nitrogens is 1. The molecule has 1 saturated heterocycles. The quantitative estimate of drug-likeness (QED) is 0.496. The first-order valence-electron chi connectivity index (χ1n) is 11.2. The molecule has 34 heavy (non-hydrogen) atoms. The standard InChI is InChI=1S/C23H26FN9O/c1-14(2)17-11-18(15-5-7-16(24)8-6-15)28-33-12-19(25-20(17)33)21(34)32-10-9-31(13-23(32,3)4)22-26-29-30-27-22/h5-8,11-12,14H,9-10,13H2,1-4H3,(H,26,27,29,30). The molecule has 0 unspecified atom stereocenters. The van der Waals surface area contributed by atoms with Crippen molar-refractivity contribution in [2.24, 2.45) is 0 Å². The van der Waals surface area contributed by atoms with E-state index in [1.54, 1.807) is 22.8 Å². The van der Waals surface area contributed by atoms with Crippen LogP contribution in [0.15, 0.2) is 36.5 Å². The highest BCUT2D eigenvalue weighted by atomic mass is 19.1. The minimum absolute atomic E-state index is 0.152. The van der Waals surface area contributed by atoms with E-state index in [0.29, 0.717) is 42.6 Å². The molecule has 4 heterocycles. The Balaban J connectivity index is 1.48. The number of piperazine rings is 1. The fourth-order valence-corrected chi connectivity index (χ4v) is 4.42. The molecule has 0 bridgehead atoms. The third-order valence-electron chi connectivity index (χ3n) is 6.20. The Morgan fingerprint density at radius 1 is 1.18 bits per heavy atom. The number of nitrogens with zero attached hydrogens (tertiary/aromatic N) is 8. The number of hydrogen-bond donors (Lipinski definition) is 1. The van der Waals surface area contributed by atoms with Crippen LogP contribution in [-0.4, -0.2) is 71.2 Å². The van der Waals surface area contributed by atoms with Crippen LogP contribution in [0, 0.1) is 5.82 Å². The molecule has 0 radical (unpaired) electrons. The Morgan fingerprint density at radius 2 is 1.94 bits per heavy atom. The lowest BCUT2D eigenvalue weighted by atomic mass is 9.98. The number of carbonyl (C=O) groups is 1. The molecular formula is C23H26FN9O. The van der Waals surface area contributed by atoms with Gasteiger partial charge in [-0.15, -0.1) is 5.10 Å². The monoisotopic (exact) mass is 463 g/mol. The number of aromatic amines is 1. The number of aromatic nitrogens is 7. The van der Waals surface area contributed by atoms with E-state index in [9.17, 15) is 9.18 Å². The lowest BCUT2D eigenvalue weighted by molar-refractivity contribution is 0.0507. The molecule has 176 valence electrons. The molecule has 1 fully saturated rings. The molecule has 1 N–H and O–H groups in total. The van der Waals surface area contributed by atoms with E-state index in [1.165, 1.54) is 12.1 Å². The van der Waals surface area contributed by atoms with Crippen molar-refractivity contribution in [2.45, 2.75) is 39.2 Å². The first-order valence-corrected chi connectivity index (χ1v) is 11.2. The van der Waals surface area contributed by atoms with Gasteiger partial charge in [0.1, 0.15) is 11.5 Å². The van der Waals surface area contributed by atoms with E-state index < -0.39 is 5.54 Å². The second-order valence-electron chi connectivity index (χ2n) is 9.44. The van der Waals surface area contributed by atoms with Crippen LogP contribution < -0.4 is 4.90 Å². The van der Waals surface area contributed by atoms with Crippen LogP contribution in [-0.2, 0) is 0 Å².